The number of carbonyl (C=O) groups is 3. The third-order valence-electron chi connectivity index (χ3n) is 3.11. The second-order valence-electron chi connectivity index (χ2n) is 4.64. The van der Waals surface area contributed by atoms with E-state index in [9.17, 15) is 14.4 Å². The summed E-state index contributed by atoms with van der Waals surface area (Å²) >= 11 is 0. The Bertz CT molecular complexity index is 337. The predicted molar refractivity (Wildman–Crippen MR) is 61.3 cm³/mol. The van der Waals surface area contributed by atoms with Gasteiger partial charge >= 0.3 is 6.09 Å². The Balaban J connectivity index is 2.85. The fourth-order valence-electron chi connectivity index (χ4n) is 1.83. The number of Topliss-reactive ketones (excluding diaryl/α,β-unsaturated/α-hetero) is 1. The number of nitrogens with zero attached hydrogens (tertiary/aromatic N) is 1. The van der Waals surface area contributed by atoms with Gasteiger partial charge in [0.05, 0.1) is 12.0 Å². The van der Waals surface area contributed by atoms with E-state index in [1.54, 1.807) is 6.92 Å². The lowest BCUT2D eigenvalue weighted by molar-refractivity contribution is -0.139. The third kappa shape index (κ3) is 2.65. The highest BCUT2D eigenvalue weighted by atomic mass is 16.6. The third-order valence-corrected chi connectivity index (χ3v) is 3.11. The van der Waals surface area contributed by atoms with Gasteiger partial charge in [0.25, 0.3) is 0 Å². The van der Waals surface area contributed by atoms with E-state index in [0.717, 1.165) is 4.90 Å². The number of amides is 2. The van der Waals surface area contributed by atoms with Crippen LogP contribution in [0.2, 0.25) is 0 Å². The monoisotopic (exact) mass is 241 g/mol. The van der Waals surface area contributed by atoms with Crippen LogP contribution < -0.4 is 0 Å². The van der Waals surface area contributed by atoms with Gasteiger partial charge in [0.2, 0.25) is 5.91 Å². The molecule has 0 unspecified atom stereocenters. The SMILES string of the molecule is CCC(=O)[C@@H](C)C(=O)N1C(=O)OC[C@@H]1C(C)C. The maximum absolute atomic E-state index is 12.1. The van der Waals surface area contributed by atoms with E-state index in [1.807, 2.05) is 13.8 Å². The lowest BCUT2D eigenvalue weighted by Crippen LogP contribution is -2.45. The molecular formula is C12H19NO4. The van der Waals surface area contributed by atoms with Crippen molar-refractivity contribution < 1.29 is 19.1 Å². The molecule has 2 atom stereocenters. The normalized spacial score (nSPS) is 21.6. The highest BCUT2D eigenvalue weighted by Gasteiger charge is 2.42. The minimum atomic E-state index is -0.771. The maximum atomic E-state index is 12.1. The molecule has 0 radical (unpaired) electrons. The minimum absolute atomic E-state index is 0.120. The van der Waals surface area contributed by atoms with Gasteiger partial charge in [-0.25, -0.2) is 9.69 Å². The minimum Gasteiger partial charge on any atom is -0.447 e. The number of imide groups is 1. The van der Waals surface area contributed by atoms with E-state index in [4.69, 9.17) is 4.74 Å². The van der Waals surface area contributed by atoms with E-state index < -0.39 is 17.9 Å². The molecule has 0 saturated carbocycles. The molecule has 0 aromatic rings. The quantitative estimate of drug-likeness (QED) is 0.701. The van der Waals surface area contributed by atoms with Crippen LogP contribution in [0, 0.1) is 11.8 Å². The van der Waals surface area contributed by atoms with Crippen LogP contribution in [0.5, 0.6) is 0 Å². The second kappa shape index (κ2) is 5.29. The van der Waals surface area contributed by atoms with E-state index in [0.29, 0.717) is 6.42 Å². The van der Waals surface area contributed by atoms with Gasteiger partial charge in [-0.1, -0.05) is 20.8 Å². The molecule has 0 aromatic carbocycles. The molecule has 2 amide bonds. The van der Waals surface area contributed by atoms with Crippen molar-refractivity contribution in [3.8, 4) is 0 Å². The fourth-order valence-corrected chi connectivity index (χ4v) is 1.83. The predicted octanol–water partition coefficient (Wildman–Crippen LogP) is 1.60. The Morgan fingerprint density at radius 3 is 2.47 bits per heavy atom. The molecule has 0 spiro atoms. The van der Waals surface area contributed by atoms with Crippen LogP contribution in [0.1, 0.15) is 34.1 Å². The van der Waals surface area contributed by atoms with Crippen molar-refractivity contribution in [1.29, 1.82) is 0 Å². The van der Waals surface area contributed by atoms with E-state index in [2.05, 4.69) is 0 Å². The van der Waals surface area contributed by atoms with Crippen molar-refractivity contribution >= 4 is 17.8 Å². The number of carbonyl (C=O) groups excluding carboxylic acids is 3. The number of hydrogen-bond acceptors (Lipinski definition) is 4. The van der Waals surface area contributed by atoms with Crippen molar-refractivity contribution in [3.63, 3.8) is 0 Å². The van der Waals surface area contributed by atoms with Crippen LogP contribution >= 0.6 is 0 Å². The summed E-state index contributed by atoms with van der Waals surface area (Å²) in [6, 6.07) is -0.262. The van der Waals surface area contributed by atoms with Crippen molar-refractivity contribution in [2.45, 2.75) is 40.2 Å². The largest absolute Gasteiger partial charge is 0.447 e. The summed E-state index contributed by atoms with van der Waals surface area (Å²) in [7, 11) is 0. The van der Waals surface area contributed by atoms with E-state index in [-0.39, 0.29) is 24.3 Å². The number of hydrogen-bond donors (Lipinski definition) is 0. The van der Waals surface area contributed by atoms with Crippen molar-refractivity contribution in [1.82, 2.24) is 4.90 Å². The van der Waals surface area contributed by atoms with Gasteiger partial charge in [0.1, 0.15) is 12.4 Å². The summed E-state index contributed by atoms with van der Waals surface area (Å²) in [6.07, 6.45) is -0.341. The Kier molecular flexibility index (Phi) is 4.26. The summed E-state index contributed by atoms with van der Waals surface area (Å²) in [6.45, 7) is 7.29. The fraction of sp³-hybridized carbons (Fsp3) is 0.750. The molecule has 17 heavy (non-hydrogen) atoms. The van der Waals surface area contributed by atoms with Gasteiger partial charge in [-0.15, -0.1) is 0 Å². The summed E-state index contributed by atoms with van der Waals surface area (Å²) in [5.41, 5.74) is 0. The Hall–Kier alpha value is -1.39. The molecule has 5 heteroatoms. The zero-order valence-corrected chi connectivity index (χ0v) is 10.7. The van der Waals surface area contributed by atoms with Crippen LogP contribution in [0.4, 0.5) is 4.79 Å². The zero-order chi connectivity index (χ0) is 13.2. The van der Waals surface area contributed by atoms with Crippen LogP contribution in [0.3, 0.4) is 0 Å². The molecule has 0 bridgehead atoms. The Morgan fingerprint density at radius 1 is 1.41 bits per heavy atom. The van der Waals surface area contributed by atoms with Crippen LogP contribution in [0.25, 0.3) is 0 Å². The molecule has 96 valence electrons. The lowest BCUT2D eigenvalue weighted by atomic mass is 9.99. The Labute approximate surface area is 101 Å². The zero-order valence-electron chi connectivity index (χ0n) is 10.7. The molecule has 1 aliphatic heterocycles. The first-order chi connectivity index (χ1) is 7.90. The smallest absolute Gasteiger partial charge is 0.417 e. The summed E-state index contributed by atoms with van der Waals surface area (Å²) < 4.78 is 4.88. The first-order valence-electron chi connectivity index (χ1n) is 5.92. The van der Waals surface area contributed by atoms with Gasteiger partial charge in [-0.05, 0) is 12.8 Å². The molecule has 0 aromatic heterocycles. The van der Waals surface area contributed by atoms with Gasteiger partial charge in [0.15, 0.2) is 0 Å². The molecule has 1 rings (SSSR count). The molecular weight excluding hydrogens is 222 g/mol. The standard InChI is InChI=1S/C12H19NO4/c1-5-10(14)8(4)11(15)13-9(7(2)3)6-17-12(13)16/h7-9H,5-6H2,1-4H3/t8-,9-/m1/s1. The summed E-state index contributed by atoms with van der Waals surface area (Å²) in [4.78, 5) is 36.2. The summed E-state index contributed by atoms with van der Waals surface area (Å²) in [5, 5.41) is 0. The molecule has 1 heterocycles. The van der Waals surface area contributed by atoms with Crippen LogP contribution in [0.15, 0.2) is 0 Å². The number of ether oxygens (including phenoxy) is 1. The molecule has 1 fully saturated rings. The average molecular weight is 241 g/mol. The Morgan fingerprint density at radius 2 is 2.00 bits per heavy atom. The molecule has 1 aliphatic rings. The first kappa shape index (κ1) is 13.7. The summed E-state index contributed by atoms with van der Waals surface area (Å²) in [5.74, 6) is -1.25. The van der Waals surface area contributed by atoms with Gasteiger partial charge in [0, 0.05) is 6.42 Å². The van der Waals surface area contributed by atoms with Crippen molar-refractivity contribution in [3.05, 3.63) is 0 Å². The number of rotatable bonds is 4. The number of cyclic esters (lactones) is 1. The molecule has 0 aliphatic carbocycles. The highest BCUT2D eigenvalue weighted by molar-refractivity contribution is 6.06. The van der Waals surface area contributed by atoms with Gasteiger partial charge in [-0.3, -0.25) is 9.59 Å². The van der Waals surface area contributed by atoms with Crippen LogP contribution in [-0.4, -0.2) is 35.3 Å². The first-order valence-corrected chi connectivity index (χ1v) is 5.92. The highest BCUT2D eigenvalue weighted by Crippen LogP contribution is 2.22. The van der Waals surface area contributed by atoms with E-state index >= 15 is 0 Å². The second-order valence-corrected chi connectivity index (χ2v) is 4.64. The van der Waals surface area contributed by atoms with Crippen molar-refractivity contribution in [2.75, 3.05) is 6.61 Å². The lowest BCUT2D eigenvalue weighted by Gasteiger charge is -2.24. The van der Waals surface area contributed by atoms with E-state index in [1.165, 1.54) is 6.92 Å². The molecule has 0 N–H and O–H groups in total. The maximum Gasteiger partial charge on any atom is 0.417 e. The molecule has 5 nitrogen and oxygen atoms in total. The number of ketones is 1. The molecule has 1 saturated heterocycles. The van der Waals surface area contributed by atoms with Gasteiger partial charge < -0.3 is 4.74 Å². The van der Waals surface area contributed by atoms with Crippen LogP contribution in [-0.2, 0) is 14.3 Å². The topological polar surface area (TPSA) is 63.7 Å². The van der Waals surface area contributed by atoms with Crippen molar-refractivity contribution in [2.24, 2.45) is 11.8 Å². The average Bonchev–Trinajstić information content (AvgIpc) is 2.68. The van der Waals surface area contributed by atoms with Gasteiger partial charge in [-0.2, -0.15) is 0 Å².